The van der Waals surface area contributed by atoms with Gasteiger partial charge in [-0.25, -0.2) is 0 Å². The number of hydrogen-bond donors (Lipinski definition) is 1. The van der Waals surface area contributed by atoms with Gasteiger partial charge >= 0.3 is 0 Å². The van der Waals surface area contributed by atoms with Gasteiger partial charge in [0, 0.05) is 38.5 Å². The summed E-state index contributed by atoms with van der Waals surface area (Å²) in [5.41, 5.74) is 1.13. The minimum Gasteiger partial charge on any atom is -0.377 e. The number of carbonyl (C=O) groups is 1. The number of aryl methyl sites for hydroxylation is 1. The Labute approximate surface area is 120 Å². The second-order valence-electron chi connectivity index (χ2n) is 5.82. The summed E-state index contributed by atoms with van der Waals surface area (Å²) in [5, 5.41) is 7.17. The Morgan fingerprint density at radius 3 is 3.05 bits per heavy atom. The van der Waals surface area contributed by atoms with Gasteiger partial charge in [0.2, 0.25) is 5.91 Å². The Morgan fingerprint density at radius 1 is 1.60 bits per heavy atom. The van der Waals surface area contributed by atoms with Gasteiger partial charge in [-0.2, -0.15) is 5.10 Å². The van der Waals surface area contributed by atoms with Crippen LogP contribution in [0.1, 0.15) is 32.4 Å². The van der Waals surface area contributed by atoms with Crippen LogP contribution in [0.3, 0.4) is 0 Å². The summed E-state index contributed by atoms with van der Waals surface area (Å²) in [7, 11) is 1.92. The molecule has 2 atom stereocenters. The van der Waals surface area contributed by atoms with E-state index in [0.717, 1.165) is 31.6 Å². The topological polar surface area (TPSA) is 56.1 Å². The van der Waals surface area contributed by atoms with Crippen LogP contribution in [0.5, 0.6) is 0 Å². The molecule has 1 aromatic heterocycles. The molecule has 0 radical (unpaired) electrons. The molecule has 0 saturated carbocycles. The Kier molecular flexibility index (Phi) is 5.17. The summed E-state index contributed by atoms with van der Waals surface area (Å²) in [6.45, 7) is 5.67. The van der Waals surface area contributed by atoms with Crippen LogP contribution >= 0.6 is 0 Å². The molecule has 2 unspecified atom stereocenters. The number of ether oxygens (including phenoxy) is 1. The van der Waals surface area contributed by atoms with Crippen LogP contribution in [-0.4, -0.2) is 34.9 Å². The van der Waals surface area contributed by atoms with Gasteiger partial charge in [0.1, 0.15) is 0 Å². The minimum absolute atomic E-state index is 0.00436. The molecule has 1 fully saturated rings. The fourth-order valence-corrected chi connectivity index (χ4v) is 2.83. The van der Waals surface area contributed by atoms with Crippen molar-refractivity contribution < 1.29 is 9.53 Å². The van der Waals surface area contributed by atoms with Gasteiger partial charge in [-0.05, 0) is 24.8 Å². The van der Waals surface area contributed by atoms with Crippen LogP contribution in [0.25, 0.3) is 0 Å². The van der Waals surface area contributed by atoms with Gasteiger partial charge in [0.15, 0.2) is 0 Å². The second kappa shape index (κ2) is 6.88. The van der Waals surface area contributed by atoms with Gasteiger partial charge in [0.25, 0.3) is 0 Å². The van der Waals surface area contributed by atoms with Crippen molar-refractivity contribution in [3.05, 3.63) is 18.0 Å². The molecule has 1 saturated heterocycles. The third-order valence-corrected chi connectivity index (χ3v) is 3.96. The van der Waals surface area contributed by atoms with E-state index in [1.165, 1.54) is 0 Å². The maximum Gasteiger partial charge on any atom is 0.225 e. The third-order valence-electron chi connectivity index (χ3n) is 3.96. The van der Waals surface area contributed by atoms with Gasteiger partial charge in [-0.15, -0.1) is 0 Å². The number of nitrogens with zero attached hydrogens (tertiary/aromatic N) is 2. The summed E-state index contributed by atoms with van der Waals surface area (Å²) in [5.74, 6) is 0.504. The largest absolute Gasteiger partial charge is 0.377 e. The molecule has 1 aromatic rings. The van der Waals surface area contributed by atoms with Gasteiger partial charge in [-0.1, -0.05) is 13.8 Å². The first kappa shape index (κ1) is 15.0. The second-order valence-corrected chi connectivity index (χ2v) is 5.82. The number of aromatic nitrogens is 2. The number of hydrogen-bond acceptors (Lipinski definition) is 3. The zero-order chi connectivity index (χ0) is 14.5. The molecule has 1 N–H and O–H groups in total. The maximum atomic E-state index is 12.3. The molecule has 2 rings (SSSR count). The van der Waals surface area contributed by atoms with Crippen LogP contribution in [-0.2, 0) is 23.0 Å². The van der Waals surface area contributed by atoms with Crippen molar-refractivity contribution in [2.45, 2.75) is 39.2 Å². The molecule has 0 spiro atoms. The highest BCUT2D eigenvalue weighted by atomic mass is 16.5. The van der Waals surface area contributed by atoms with Crippen molar-refractivity contribution in [3.63, 3.8) is 0 Å². The Balaban J connectivity index is 1.83. The fourth-order valence-electron chi connectivity index (χ4n) is 2.83. The Bertz CT molecular complexity index is 442. The van der Waals surface area contributed by atoms with Crippen molar-refractivity contribution in [1.82, 2.24) is 15.1 Å². The van der Waals surface area contributed by atoms with E-state index in [0.29, 0.717) is 12.5 Å². The van der Waals surface area contributed by atoms with Crippen LogP contribution < -0.4 is 5.32 Å². The van der Waals surface area contributed by atoms with Crippen molar-refractivity contribution in [1.29, 1.82) is 0 Å². The minimum atomic E-state index is -0.00436. The number of carbonyl (C=O) groups excluding carboxylic acids is 1. The number of amides is 1. The van der Waals surface area contributed by atoms with Crippen LogP contribution in [0.15, 0.2) is 12.3 Å². The van der Waals surface area contributed by atoms with Crippen LogP contribution in [0.2, 0.25) is 0 Å². The SMILES string of the molecule is CC(C)C1OCCCC1C(=O)NCCc1ccnn1C. The first-order chi connectivity index (χ1) is 9.59. The van der Waals surface area contributed by atoms with E-state index in [1.54, 1.807) is 6.20 Å². The highest BCUT2D eigenvalue weighted by Crippen LogP contribution is 2.26. The lowest BCUT2D eigenvalue weighted by Gasteiger charge is -2.33. The first-order valence-corrected chi connectivity index (χ1v) is 7.45. The molecule has 0 aliphatic carbocycles. The van der Waals surface area contributed by atoms with Crippen LogP contribution in [0.4, 0.5) is 0 Å². The van der Waals surface area contributed by atoms with Gasteiger partial charge in [0.05, 0.1) is 12.0 Å². The average molecular weight is 279 g/mol. The van der Waals surface area contributed by atoms with E-state index in [1.807, 2.05) is 17.8 Å². The number of rotatable bonds is 5. The van der Waals surface area contributed by atoms with Crippen molar-refractivity contribution >= 4 is 5.91 Å². The van der Waals surface area contributed by atoms with E-state index >= 15 is 0 Å². The molecule has 20 heavy (non-hydrogen) atoms. The first-order valence-electron chi connectivity index (χ1n) is 7.45. The normalized spacial score (nSPS) is 23.0. The zero-order valence-electron chi connectivity index (χ0n) is 12.6. The van der Waals surface area contributed by atoms with E-state index in [2.05, 4.69) is 24.3 Å². The molecule has 2 heterocycles. The van der Waals surface area contributed by atoms with Crippen LogP contribution in [0, 0.1) is 11.8 Å². The molecule has 1 aliphatic heterocycles. The Morgan fingerprint density at radius 2 is 2.40 bits per heavy atom. The summed E-state index contributed by atoms with van der Waals surface area (Å²) >= 11 is 0. The molecule has 112 valence electrons. The molecule has 1 amide bonds. The quantitative estimate of drug-likeness (QED) is 0.889. The zero-order valence-corrected chi connectivity index (χ0v) is 12.6. The van der Waals surface area contributed by atoms with Crippen molar-refractivity contribution in [3.8, 4) is 0 Å². The highest BCUT2D eigenvalue weighted by molar-refractivity contribution is 5.79. The van der Waals surface area contributed by atoms with E-state index < -0.39 is 0 Å². The summed E-state index contributed by atoms with van der Waals surface area (Å²) in [4.78, 5) is 12.3. The fraction of sp³-hybridized carbons (Fsp3) is 0.733. The standard InChI is InChI=1S/C15H25N3O2/c1-11(2)14-13(5-4-10-20-14)15(19)16-8-6-12-7-9-17-18(12)3/h7,9,11,13-14H,4-6,8,10H2,1-3H3,(H,16,19). The average Bonchev–Trinajstić information content (AvgIpc) is 2.84. The predicted octanol–water partition coefficient (Wildman–Crippen LogP) is 1.53. The Hall–Kier alpha value is -1.36. The molecule has 1 aliphatic rings. The van der Waals surface area contributed by atoms with E-state index in [-0.39, 0.29) is 17.9 Å². The van der Waals surface area contributed by atoms with Crippen molar-refractivity contribution in [2.24, 2.45) is 18.9 Å². The highest BCUT2D eigenvalue weighted by Gasteiger charge is 2.33. The van der Waals surface area contributed by atoms with Crippen molar-refractivity contribution in [2.75, 3.05) is 13.2 Å². The van der Waals surface area contributed by atoms with E-state index in [4.69, 9.17) is 4.74 Å². The van der Waals surface area contributed by atoms with E-state index in [9.17, 15) is 4.79 Å². The lowest BCUT2D eigenvalue weighted by molar-refractivity contribution is -0.137. The lowest BCUT2D eigenvalue weighted by Crippen LogP contribution is -2.44. The molecule has 0 aromatic carbocycles. The molecule has 5 nitrogen and oxygen atoms in total. The third kappa shape index (κ3) is 3.60. The maximum absolute atomic E-state index is 12.3. The molecule has 0 bridgehead atoms. The predicted molar refractivity (Wildman–Crippen MR) is 77.2 cm³/mol. The smallest absolute Gasteiger partial charge is 0.225 e. The van der Waals surface area contributed by atoms with Gasteiger partial charge < -0.3 is 10.1 Å². The lowest BCUT2D eigenvalue weighted by atomic mass is 9.87. The molecular weight excluding hydrogens is 254 g/mol. The summed E-state index contributed by atoms with van der Waals surface area (Å²) in [6, 6.07) is 1.98. The summed E-state index contributed by atoms with van der Waals surface area (Å²) < 4.78 is 7.61. The molecule has 5 heteroatoms. The summed E-state index contributed by atoms with van der Waals surface area (Å²) in [6.07, 6.45) is 4.55. The molecular formula is C15H25N3O2. The number of nitrogens with one attached hydrogen (secondary N) is 1. The monoisotopic (exact) mass is 279 g/mol. The van der Waals surface area contributed by atoms with Gasteiger partial charge in [-0.3, -0.25) is 9.48 Å².